The van der Waals surface area contributed by atoms with Crippen molar-refractivity contribution in [1.29, 1.82) is 0 Å². The molecule has 0 aliphatic rings. The van der Waals surface area contributed by atoms with E-state index in [0.29, 0.717) is 34.8 Å². The van der Waals surface area contributed by atoms with Gasteiger partial charge in [0.2, 0.25) is 0 Å². The van der Waals surface area contributed by atoms with Crippen molar-refractivity contribution in [3.8, 4) is 17.0 Å². The van der Waals surface area contributed by atoms with Crippen LogP contribution >= 0.6 is 0 Å². The number of rotatable bonds is 7. The van der Waals surface area contributed by atoms with Gasteiger partial charge in [-0.05, 0) is 51.1 Å². The predicted molar refractivity (Wildman–Crippen MR) is 123 cm³/mol. The van der Waals surface area contributed by atoms with E-state index >= 15 is 0 Å². The largest absolute Gasteiger partial charge is 0.494 e. The Morgan fingerprint density at radius 1 is 1.09 bits per heavy atom. The Morgan fingerprint density at radius 3 is 2.52 bits per heavy atom. The number of aryl methyl sites for hydroxylation is 1. The number of anilines is 1. The minimum absolute atomic E-state index is 0.229. The molecule has 2 heterocycles. The zero-order valence-corrected chi connectivity index (χ0v) is 18.5. The Kier molecular flexibility index (Phi) is 6.35. The number of aromatic nitrogens is 2. The van der Waals surface area contributed by atoms with Crippen molar-refractivity contribution in [2.45, 2.75) is 26.9 Å². The Hall–Kier alpha value is -4.20. The number of ether oxygens (including phenoxy) is 2. The lowest BCUT2D eigenvalue weighted by Gasteiger charge is -2.14. The van der Waals surface area contributed by atoms with Gasteiger partial charge >= 0.3 is 5.97 Å². The molecule has 4 rings (SSSR count). The third-order valence-corrected chi connectivity index (χ3v) is 4.99. The normalized spacial score (nSPS) is 11.7. The Balaban J connectivity index is 1.54. The van der Waals surface area contributed by atoms with Crippen LogP contribution < -0.4 is 10.1 Å². The van der Waals surface area contributed by atoms with Crippen LogP contribution in [-0.2, 0) is 9.53 Å². The average Bonchev–Trinajstić information content (AvgIpc) is 3.21. The summed E-state index contributed by atoms with van der Waals surface area (Å²) in [5.74, 6) is -0.418. The molecule has 1 amide bonds. The molecule has 1 unspecified atom stereocenters. The highest BCUT2D eigenvalue weighted by molar-refractivity contribution is 6.05. The van der Waals surface area contributed by atoms with Gasteiger partial charge in [0, 0.05) is 11.3 Å². The molecule has 0 radical (unpaired) electrons. The van der Waals surface area contributed by atoms with Gasteiger partial charge in [-0.1, -0.05) is 35.5 Å². The maximum atomic E-state index is 13.1. The third-order valence-electron chi connectivity index (χ3n) is 4.99. The van der Waals surface area contributed by atoms with E-state index in [1.807, 2.05) is 37.3 Å². The van der Waals surface area contributed by atoms with E-state index in [4.69, 9.17) is 14.0 Å². The Morgan fingerprint density at radius 2 is 1.82 bits per heavy atom. The van der Waals surface area contributed by atoms with E-state index in [9.17, 15) is 9.59 Å². The smallest absolute Gasteiger partial charge is 0.339 e. The number of hydrogen-bond donors (Lipinski definition) is 1. The first-order chi connectivity index (χ1) is 16.0. The summed E-state index contributed by atoms with van der Waals surface area (Å²) in [4.78, 5) is 30.1. The van der Waals surface area contributed by atoms with Crippen molar-refractivity contribution in [3.05, 3.63) is 71.9 Å². The molecule has 0 aliphatic heterocycles. The van der Waals surface area contributed by atoms with Crippen molar-refractivity contribution in [1.82, 2.24) is 10.1 Å². The molecule has 0 spiro atoms. The van der Waals surface area contributed by atoms with Gasteiger partial charge < -0.3 is 19.3 Å². The highest BCUT2D eigenvalue weighted by atomic mass is 16.5. The molecule has 0 saturated heterocycles. The van der Waals surface area contributed by atoms with Crippen LogP contribution in [0.1, 0.15) is 29.9 Å². The first-order valence-electron chi connectivity index (χ1n) is 10.5. The first-order valence-corrected chi connectivity index (χ1v) is 10.5. The number of amides is 1. The lowest BCUT2D eigenvalue weighted by atomic mass is 10.1. The van der Waals surface area contributed by atoms with Crippen molar-refractivity contribution in [2.75, 3.05) is 11.9 Å². The number of esters is 1. The number of hydrogen-bond acceptors (Lipinski definition) is 7. The molecule has 0 bridgehead atoms. The summed E-state index contributed by atoms with van der Waals surface area (Å²) in [6, 6.07) is 18.0. The van der Waals surface area contributed by atoms with Crippen LogP contribution in [0.25, 0.3) is 22.4 Å². The minimum atomic E-state index is -1.03. The number of carbonyl (C=O) groups is 2. The standard InChI is InChI=1S/C25H23N3O5/c1-4-31-19-12-10-18(11-13-19)26-23(29)16(3)32-25(30)20-14-21(17-8-6-5-7-9-17)27-24-22(20)15(2)28-33-24/h5-14,16H,4H2,1-3H3,(H,26,29). The van der Waals surface area contributed by atoms with E-state index in [0.717, 1.165) is 5.56 Å². The quantitative estimate of drug-likeness (QED) is 0.408. The van der Waals surface area contributed by atoms with E-state index in [2.05, 4.69) is 15.5 Å². The van der Waals surface area contributed by atoms with Gasteiger partial charge in [-0.3, -0.25) is 4.79 Å². The number of nitrogens with one attached hydrogen (secondary N) is 1. The molecule has 168 valence electrons. The monoisotopic (exact) mass is 445 g/mol. The fourth-order valence-corrected chi connectivity index (χ4v) is 3.34. The van der Waals surface area contributed by atoms with E-state index in [1.54, 1.807) is 37.3 Å². The molecule has 0 saturated carbocycles. The van der Waals surface area contributed by atoms with Crippen LogP contribution in [0.4, 0.5) is 5.69 Å². The number of pyridine rings is 1. The first kappa shape index (κ1) is 22.0. The van der Waals surface area contributed by atoms with Crippen LogP contribution in [0.2, 0.25) is 0 Å². The second-order valence-corrected chi connectivity index (χ2v) is 7.36. The summed E-state index contributed by atoms with van der Waals surface area (Å²) < 4.78 is 16.2. The Labute approximate surface area is 190 Å². The molecule has 8 nitrogen and oxygen atoms in total. The molecule has 33 heavy (non-hydrogen) atoms. The van der Waals surface area contributed by atoms with Gasteiger partial charge in [-0.2, -0.15) is 0 Å². The zero-order chi connectivity index (χ0) is 23.4. The molecule has 8 heteroatoms. The molecule has 0 fully saturated rings. The van der Waals surface area contributed by atoms with Crippen LogP contribution in [0, 0.1) is 6.92 Å². The van der Waals surface area contributed by atoms with Crippen molar-refractivity contribution in [2.24, 2.45) is 0 Å². The highest BCUT2D eigenvalue weighted by Crippen LogP contribution is 2.28. The van der Waals surface area contributed by atoms with Gasteiger partial charge in [-0.15, -0.1) is 0 Å². The molecule has 1 atom stereocenters. The van der Waals surface area contributed by atoms with Gasteiger partial charge in [0.05, 0.1) is 28.9 Å². The van der Waals surface area contributed by atoms with Crippen LogP contribution in [0.15, 0.2) is 65.2 Å². The Bertz CT molecular complexity index is 1280. The number of nitrogens with zero attached hydrogens (tertiary/aromatic N) is 2. The highest BCUT2D eigenvalue weighted by Gasteiger charge is 2.24. The zero-order valence-electron chi connectivity index (χ0n) is 18.5. The van der Waals surface area contributed by atoms with E-state index in [1.165, 1.54) is 6.92 Å². The summed E-state index contributed by atoms with van der Waals surface area (Å²) >= 11 is 0. The van der Waals surface area contributed by atoms with Gasteiger partial charge in [-0.25, -0.2) is 9.78 Å². The number of benzene rings is 2. The maximum Gasteiger partial charge on any atom is 0.339 e. The second-order valence-electron chi connectivity index (χ2n) is 7.36. The van der Waals surface area contributed by atoms with Gasteiger partial charge in [0.15, 0.2) is 6.10 Å². The van der Waals surface area contributed by atoms with Crippen LogP contribution in [0.3, 0.4) is 0 Å². The fourth-order valence-electron chi connectivity index (χ4n) is 3.34. The topological polar surface area (TPSA) is 104 Å². The summed E-state index contributed by atoms with van der Waals surface area (Å²) in [5.41, 5.74) is 2.89. The van der Waals surface area contributed by atoms with Gasteiger partial charge in [0.1, 0.15) is 5.75 Å². The van der Waals surface area contributed by atoms with Crippen molar-refractivity contribution < 1.29 is 23.6 Å². The minimum Gasteiger partial charge on any atom is -0.494 e. The molecule has 0 aliphatic carbocycles. The predicted octanol–water partition coefficient (Wildman–Crippen LogP) is 4.78. The molecule has 4 aromatic rings. The van der Waals surface area contributed by atoms with Crippen molar-refractivity contribution in [3.63, 3.8) is 0 Å². The number of fused-ring (bicyclic) bond motifs is 1. The number of carbonyl (C=O) groups excluding carboxylic acids is 2. The summed E-state index contributed by atoms with van der Waals surface area (Å²) in [6.07, 6.45) is -1.03. The summed E-state index contributed by atoms with van der Waals surface area (Å²) in [6.45, 7) is 5.68. The van der Waals surface area contributed by atoms with E-state index < -0.39 is 18.0 Å². The molecular formula is C25H23N3O5. The SMILES string of the molecule is CCOc1ccc(NC(=O)C(C)OC(=O)c2cc(-c3ccccc3)nc3onc(C)c23)cc1. The van der Waals surface area contributed by atoms with Crippen LogP contribution in [-0.4, -0.2) is 34.7 Å². The molecule has 2 aromatic carbocycles. The molecule has 2 aromatic heterocycles. The second kappa shape index (κ2) is 9.52. The average molecular weight is 445 g/mol. The lowest BCUT2D eigenvalue weighted by molar-refractivity contribution is -0.123. The summed E-state index contributed by atoms with van der Waals surface area (Å²) in [7, 11) is 0. The fraction of sp³-hybridized carbons (Fsp3) is 0.200. The lowest BCUT2D eigenvalue weighted by Crippen LogP contribution is -2.30. The molecular weight excluding hydrogens is 422 g/mol. The summed E-state index contributed by atoms with van der Waals surface area (Å²) in [5, 5.41) is 7.12. The van der Waals surface area contributed by atoms with E-state index in [-0.39, 0.29) is 11.3 Å². The van der Waals surface area contributed by atoms with Crippen LogP contribution in [0.5, 0.6) is 5.75 Å². The van der Waals surface area contributed by atoms with Gasteiger partial charge in [0.25, 0.3) is 11.6 Å². The van der Waals surface area contributed by atoms with Crippen molar-refractivity contribution >= 4 is 28.7 Å². The molecule has 1 N–H and O–H groups in total. The third kappa shape index (κ3) is 4.85. The maximum absolute atomic E-state index is 13.1.